The number of amides is 2. The van der Waals surface area contributed by atoms with Gasteiger partial charge in [0.25, 0.3) is 5.91 Å². The highest BCUT2D eigenvalue weighted by atomic mass is 16.2. The van der Waals surface area contributed by atoms with Crippen LogP contribution in [0.5, 0.6) is 0 Å². The molecule has 7 nitrogen and oxygen atoms in total. The number of hydrogen-bond donors (Lipinski definition) is 1. The Bertz CT molecular complexity index is 1060. The fourth-order valence-corrected chi connectivity index (χ4v) is 3.87. The molecular formula is C22H25N5O2. The van der Waals surface area contributed by atoms with Crippen molar-refractivity contribution in [2.24, 2.45) is 18.7 Å². The van der Waals surface area contributed by atoms with Crippen molar-refractivity contribution < 1.29 is 9.59 Å². The van der Waals surface area contributed by atoms with Crippen LogP contribution in [-0.2, 0) is 11.8 Å². The maximum Gasteiger partial charge on any atom is 0.272 e. The van der Waals surface area contributed by atoms with Gasteiger partial charge in [-0.25, -0.2) is 4.68 Å². The zero-order valence-electron chi connectivity index (χ0n) is 16.7. The molecule has 0 saturated carbocycles. The van der Waals surface area contributed by atoms with E-state index in [0.29, 0.717) is 31.6 Å². The van der Waals surface area contributed by atoms with Crippen LogP contribution in [0.2, 0.25) is 0 Å². The van der Waals surface area contributed by atoms with Crippen molar-refractivity contribution in [1.82, 2.24) is 19.2 Å². The number of aryl methyl sites for hydroxylation is 2. The summed E-state index contributed by atoms with van der Waals surface area (Å²) in [5.41, 5.74) is 9.58. The molecule has 0 spiro atoms. The van der Waals surface area contributed by atoms with E-state index in [4.69, 9.17) is 10.8 Å². The Balaban J connectivity index is 1.71. The lowest BCUT2D eigenvalue weighted by Crippen LogP contribution is -2.42. The Hall–Kier alpha value is -3.35. The topological polar surface area (TPSA) is 86.2 Å². The first kappa shape index (κ1) is 19.0. The molecule has 1 aliphatic rings. The normalized spacial score (nSPS) is 14.9. The molecule has 3 aromatic rings. The van der Waals surface area contributed by atoms with Gasteiger partial charge in [-0.05, 0) is 55.7 Å². The fourth-order valence-electron chi connectivity index (χ4n) is 3.87. The minimum absolute atomic E-state index is 0.0811. The third kappa shape index (κ3) is 3.68. The van der Waals surface area contributed by atoms with Crippen molar-refractivity contribution in [2.45, 2.75) is 19.8 Å². The molecule has 0 aliphatic carbocycles. The largest absolute Gasteiger partial charge is 0.369 e. The number of nitrogens with zero attached hydrogens (tertiary/aromatic N) is 4. The fraction of sp³-hybridized carbons (Fsp3) is 0.318. The smallest absolute Gasteiger partial charge is 0.272 e. The Morgan fingerprint density at radius 1 is 1.10 bits per heavy atom. The van der Waals surface area contributed by atoms with E-state index in [-0.39, 0.29) is 17.7 Å². The maximum atomic E-state index is 13.4. The lowest BCUT2D eigenvalue weighted by molar-refractivity contribution is -0.123. The van der Waals surface area contributed by atoms with E-state index in [2.05, 4.69) is 0 Å². The summed E-state index contributed by atoms with van der Waals surface area (Å²) < 4.78 is 3.70. The van der Waals surface area contributed by atoms with E-state index < -0.39 is 0 Å². The number of hydrogen-bond acceptors (Lipinski definition) is 3. The standard InChI is InChI=1S/C22H25N5O2/c1-15-5-3-6-17(13-15)27-20(14-18(24-27)19-7-4-10-25(19)2)22(29)26-11-8-16(9-12-26)21(23)28/h3-7,10,13-14,16H,8-9,11-12H2,1-2H3,(H2,23,28). The number of nitrogens with two attached hydrogens (primary N) is 1. The van der Waals surface area contributed by atoms with Gasteiger partial charge in [0.05, 0.1) is 11.4 Å². The number of aromatic nitrogens is 3. The molecule has 150 valence electrons. The molecule has 4 rings (SSSR count). The second-order valence-corrected chi connectivity index (χ2v) is 7.64. The van der Waals surface area contributed by atoms with Crippen LogP contribution < -0.4 is 5.73 Å². The van der Waals surface area contributed by atoms with Crippen molar-refractivity contribution >= 4 is 11.8 Å². The van der Waals surface area contributed by atoms with Crippen molar-refractivity contribution in [2.75, 3.05) is 13.1 Å². The van der Waals surface area contributed by atoms with Crippen LogP contribution in [0.3, 0.4) is 0 Å². The number of likely N-dealkylation sites (tertiary alicyclic amines) is 1. The van der Waals surface area contributed by atoms with Crippen LogP contribution in [0.1, 0.15) is 28.9 Å². The molecule has 1 saturated heterocycles. The van der Waals surface area contributed by atoms with Gasteiger partial charge in [-0.2, -0.15) is 5.10 Å². The number of carbonyl (C=O) groups is 2. The third-order valence-corrected chi connectivity index (χ3v) is 5.57. The summed E-state index contributed by atoms with van der Waals surface area (Å²) in [5.74, 6) is -0.519. The summed E-state index contributed by atoms with van der Waals surface area (Å²) in [4.78, 5) is 26.6. The molecule has 0 radical (unpaired) electrons. The summed E-state index contributed by atoms with van der Waals surface area (Å²) in [6.45, 7) is 3.05. The van der Waals surface area contributed by atoms with Gasteiger partial charge in [-0.15, -0.1) is 0 Å². The van der Waals surface area contributed by atoms with Crippen LogP contribution >= 0.6 is 0 Å². The number of benzene rings is 1. The Morgan fingerprint density at radius 2 is 1.86 bits per heavy atom. The molecule has 1 aliphatic heterocycles. The monoisotopic (exact) mass is 391 g/mol. The SMILES string of the molecule is Cc1cccc(-n2nc(-c3cccn3C)cc2C(=O)N2CCC(C(N)=O)CC2)c1. The van der Waals surface area contributed by atoms with Crippen molar-refractivity contribution in [1.29, 1.82) is 0 Å². The molecule has 0 atom stereocenters. The van der Waals surface area contributed by atoms with Crippen molar-refractivity contribution in [3.05, 3.63) is 59.9 Å². The minimum Gasteiger partial charge on any atom is -0.369 e. The van der Waals surface area contributed by atoms with Crippen LogP contribution in [0, 0.1) is 12.8 Å². The predicted octanol–water partition coefficient (Wildman–Crippen LogP) is 2.52. The highest BCUT2D eigenvalue weighted by Crippen LogP contribution is 2.25. The van der Waals surface area contributed by atoms with Gasteiger partial charge in [-0.3, -0.25) is 9.59 Å². The van der Waals surface area contributed by atoms with Gasteiger partial charge in [0.2, 0.25) is 5.91 Å². The molecule has 1 aromatic carbocycles. The molecule has 2 aromatic heterocycles. The number of piperidine rings is 1. The molecule has 7 heteroatoms. The molecule has 1 fully saturated rings. The molecule has 2 N–H and O–H groups in total. The van der Waals surface area contributed by atoms with Crippen LogP contribution in [-0.4, -0.2) is 44.2 Å². The average Bonchev–Trinajstić information content (AvgIpc) is 3.33. The summed E-state index contributed by atoms with van der Waals surface area (Å²) in [5, 5.41) is 4.76. The number of primary amides is 1. The minimum atomic E-state index is -0.284. The predicted molar refractivity (Wildman–Crippen MR) is 111 cm³/mol. The van der Waals surface area contributed by atoms with Gasteiger partial charge < -0.3 is 15.2 Å². The lowest BCUT2D eigenvalue weighted by atomic mass is 9.96. The van der Waals surface area contributed by atoms with Gasteiger partial charge in [0, 0.05) is 32.3 Å². The molecular weight excluding hydrogens is 366 g/mol. The zero-order valence-corrected chi connectivity index (χ0v) is 16.7. The van der Waals surface area contributed by atoms with E-state index in [0.717, 1.165) is 22.6 Å². The van der Waals surface area contributed by atoms with Gasteiger partial charge in [0.1, 0.15) is 11.4 Å². The molecule has 29 heavy (non-hydrogen) atoms. The lowest BCUT2D eigenvalue weighted by Gasteiger charge is -2.30. The van der Waals surface area contributed by atoms with Crippen molar-refractivity contribution in [3.63, 3.8) is 0 Å². The highest BCUT2D eigenvalue weighted by molar-refractivity contribution is 5.94. The van der Waals surface area contributed by atoms with E-state index in [1.807, 2.05) is 67.2 Å². The zero-order chi connectivity index (χ0) is 20.5. The summed E-state index contributed by atoms with van der Waals surface area (Å²) >= 11 is 0. The van der Waals surface area contributed by atoms with Gasteiger partial charge in [-0.1, -0.05) is 12.1 Å². The number of carbonyl (C=O) groups excluding carboxylic acids is 2. The first-order valence-electron chi connectivity index (χ1n) is 9.81. The quantitative estimate of drug-likeness (QED) is 0.741. The molecule has 0 unspecified atom stereocenters. The second-order valence-electron chi connectivity index (χ2n) is 7.64. The Morgan fingerprint density at radius 3 is 2.48 bits per heavy atom. The maximum absolute atomic E-state index is 13.4. The first-order valence-corrected chi connectivity index (χ1v) is 9.81. The average molecular weight is 391 g/mol. The van der Waals surface area contributed by atoms with Crippen LogP contribution in [0.15, 0.2) is 48.7 Å². The van der Waals surface area contributed by atoms with E-state index >= 15 is 0 Å². The highest BCUT2D eigenvalue weighted by Gasteiger charge is 2.29. The second kappa shape index (κ2) is 7.58. The van der Waals surface area contributed by atoms with E-state index in [1.54, 1.807) is 9.58 Å². The van der Waals surface area contributed by atoms with Crippen LogP contribution in [0.25, 0.3) is 17.1 Å². The summed E-state index contributed by atoms with van der Waals surface area (Å²) in [7, 11) is 1.96. The third-order valence-electron chi connectivity index (χ3n) is 5.57. The van der Waals surface area contributed by atoms with Gasteiger partial charge in [0.15, 0.2) is 0 Å². The summed E-state index contributed by atoms with van der Waals surface area (Å²) in [6, 6.07) is 13.7. The molecule has 3 heterocycles. The van der Waals surface area contributed by atoms with Gasteiger partial charge >= 0.3 is 0 Å². The van der Waals surface area contributed by atoms with Crippen molar-refractivity contribution in [3.8, 4) is 17.1 Å². The number of rotatable bonds is 4. The Labute approximate surface area is 169 Å². The molecule has 2 amide bonds. The Kier molecular flexibility index (Phi) is 4.96. The molecule has 0 bridgehead atoms. The van der Waals surface area contributed by atoms with Crippen LogP contribution in [0.4, 0.5) is 0 Å². The van der Waals surface area contributed by atoms with E-state index in [1.165, 1.54) is 0 Å². The van der Waals surface area contributed by atoms with E-state index in [9.17, 15) is 9.59 Å². The summed E-state index contributed by atoms with van der Waals surface area (Å²) in [6.07, 6.45) is 3.16. The first-order chi connectivity index (χ1) is 13.9.